The predicted molar refractivity (Wildman–Crippen MR) is 131 cm³/mol. The first-order chi connectivity index (χ1) is 16.9. The fourth-order valence-electron chi connectivity index (χ4n) is 6.21. The van der Waals surface area contributed by atoms with Crippen LogP contribution in [0.15, 0.2) is 36.4 Å². The van der Waals surface area contributed by atoms with Crippen LogP contribution in [0.5, 0.6) is 0 Å². The summed E-state index contributed by atoms with van der Waals surface area (Å²) in [5.74, 6) is -2.23. The zero-order valence-electron chi connectivity index (χ0n) is 19.9. The average molecular weight is 502 g/mol. The third-order valence-electron chi connectivity index (χ3n) is 7.72. The van der Waals surface area contributed by atoms with Crippen molar-refractivity contribution in [1.82, 2.24) is 10.2 Å². The summed E-state index contributed by atoms with van der Waals surface area (Å²) in [5.41, 5.74) is -0.596. The number of fused-ring (bicyclic) bond motifs is 1. The van der Waals surface area contributed by atoms with E-state index in [1.807, 2.05) is 12.2 Å². The van der Waals surface area contributed by atoms with Gasteiger partial charge in [-0.3, -0.25) is 14.4 Å². The SMILES string of the molecule is COCCCN1C(=O)[C@H]2[C@@H](C(=O)Nc3cccc(Cl)c3)[C@H]3C=C[C@@]2(O3)[C@@H]1C(=O)NC1CCCCC1. The van der Waals surface area contributed by atoms with Crippen LogP contribution in [0.4, 0.5) is 5.69 Å². The maximum atomic E-state index is 13.8. The van der Waals surface area contributed by atoms with Crippen LogP contribution in [0, 0.1) is 11.8 Å². The molecule has 2 bridgehead atoms. The quantitative estimate of drug-likeness (QED) is 0.421. The van der Waals surface area contributed by atoms with Crippen LogP contribution in [-0.4, -0.2) is 66.7 Å². The minimum atomic E-state index is -1.15. The fourth-order valence-corrected chi connectivity index (χ4v) is 6.40. The number of nitrogens with zero attached hydrogens (tertiary/aromatic N) is 1. The van der Waals surface area contributed by atoms with Gasteiger partial charge in [0.2, 0.25) is 17.7 Å². The number of benzene rings is 1. The van der Waals surface area contributed by atoms with Crippen molar-refractivity contribution >= 4 is 35.0 Å². The number of likely N-dealkylation sites (tertiary alicyclic amines) is 1. The summed E-state index contributed by atoms with van der Waals surface area (Å²) in [6.07, 6.45) is 8.93. The molecule has 1 aliphatic carbocycles. The summed E-state index contributed by atoms with van der Waals surface area (Å²) in [6.45, 7) is 0.828. The molecule has 1 spiro atoms. The molecule has 3 amide bonds. The van der Waals surface area contributed by atoms with Crippen LogP contribution < -0.4 is 10.6 Å². The second kappa shape index (κ2) is 9.91. The molecule has 4 aliphatic rings. The summed E-state index contributed by atoms with van der Waals surface area (Å²) in [7, 11) is 1.61. The standard InChI is InChI=1S/C26H32ClN3O5/c1-34-14-6-13-30-22(24(32)28-17-8-3-2-4-9-17)26-12-11-19(35-26)20(21(26)25(30)33)23(31)29-18-10-5-7-16(27)15-18/h5,7,10-12,15,17,19-22H,2-4,6,8-9,13-14H2,1H3,(H,28,32)(H,29,31)/t19-,20+,21-,22+,26+/m1/s1. The van der Waals surface area contributed by atoms with Gasteiger partial charge in [0, 0.05) is 37.0 Å². The van der Waals surface area contributed by atoms with E-state index in [0.29, 0.717) is 30.3 Å². The van der Waals surface area contributed by atoms with Crippen molar-refractivity contribution in [3.63, 3.8) is 0 Å². The summed E-state index contributed by atoms with van der Waals surface area (Å²) < 4.78 is 11.5. The first-order valence-corrected chi connectivity index (χ1v) is 12.9. The lowest BCUT2D eigenvalue weighted by molar-refractivity contribution is -0.141. The van der Waals surface area contributed by atoms with Gasteiger partial charge in [0.15, 0.2) is 0 Å². The van der Waals surface area contributed by atoms with Crippen molar-refractivity contribution in [2.75, 3.05) is 25.6 Å². The average Bonchev–Trinajstić information content (AvgIpc) is 3.47. The molecule has 9 heteroatoms. The van der Waals surface area contributed by atoms with Crippen LogP contribution in [0.2, 0.25) is 5.02 Å². The van der Waals surface area contributed by atoms with Gasteiger partial charge >= 0.3 is 0 Å². The topological polar surface area (TPSA) is 97.0 Å². The summed E-state index contributed by atoms with van der Waals surface area (Å²) in [5, 5.41) is 6.58. The maximum Gasteiger partial charge on any atom is 0.246 e. The second-order valence-electron chi connectivity index (χ2n) is 9.92. The number of amides is 3. The van der Waals surface area contributed by atoms with Gasteiger partial charge in [-0.2, -0.15) is 0 Å². The Labute approximate surface area is 210 Å². The Morgan fingerprint density at radius 2 is 2.03 bits per heavy atom. The van der Waals surface area contributed by atoms with Crippen LogP contribution >= 0.6 is 11.6 Å². The third kappa shape index (κ3) is 4.36. The second-order valence-corrected chi connectivity index (χ2v) is 10.4. The number of anilines is 1. The molecule has 3 aliphatic heterocycles. The number of hydrogen-bond acceptors (Lipinski definition) is 5. The molecule has 5 atom stereocenters. The Bertz CT molecular complexity index is 1030. The molecule has 35 heavy (non-hydrogen) atoms. The fraction of sp³-hybridized carbons (Fsp3) is 0.577. The molecule has 5 rings (SSSR count). The molecule has 0 radical (unpaired) electrons. The Hall–Kier alpha value is -2.42. The third-order valence-corrected chi connectivity index (χ3v) is 7.95. The highest BCUT2D eigenvalue weighted by molar-refractivity contribution is 6.30. The number of carbonyl (C=O) groups excluding carboxylic acids is 3. The van der Waals surface area contributed by atoms with E-state index in [-0.39, 0.29) is 23.8 Å². The molecular weight excluding hydrogens is 470 g/mol. The van der Waals surface area contributed by atoms with Crippen LogP contribution in [0.3, 0.4) is 0 Å². The van der Waals surface area contributed by atoms with Crippen LogP contribution in [0.1, 0.15) is 38.5 Å². The molecule has 0 unspecified atom stereocenters. The predicted octanol–water partition coefficient (Wildman–Crippen LogP) is 2.91. The number of methoxy groups -OCH3 is 1. The number of halogens is 1. The van der Waals surface area contributed by atoms with Crippen LogP contribution in [-0.2, 0) is 23.9 Å². The van der Waals surface area contributed by atoms with Gasteiger partial charge < -0.3 is 25.0 Å². The van der Waals surface area contributed by atoms with Crippen molar-refractivity contribution in [2.45, 2.75) is 62.3 Å². The molecule has 1 saturated carbocycles. The lowest BCUT2D eigenvalue weighted by Gasteiger charge is -2.34. The Morgan fingerprint density at radius 1 is 1.23 bits per heavy atom. The van der Waals surface area contributed by atoms with E-state index in [1.54, 1.807) is 36.3 Å². The van der Waals surface area contributed by atoms with E-state index >= 15 is 0 Å². The van der Waals surface area contributed by atoms with Gasteiger partial charge in [-0.15, -0.1) is 0 Å². The first kappa shape index (κ1) is 24.3. The van der Waals surface area contributed by atoms with E-state index in [2.05, 4.69) is 10.6 Å². The number of hydrogen-bond donors (Lipinski definition) is 2. The van der Waals surface area contributed by atoms with Crippen molar-refractivity contribution in [3.8, 4) is 0 Å². The Balaban J connectivity index is 1.42. The molecule has 1 aromatic rings. The zero-order valence-corrected chi connectivity index (χ0v) is 20.6. The largest absolute Gasteiger partial charge is 0.385 e. The van der Waals surface area contributed by atoms with Crippen molar-refractivity contribution in [3.05, 3.63) is 41.4 Å². The normalized spacial score (nSPS) is 31.6. The van der Waals surface area contributed by atoms with Gasteiger partial charge in [-0.05, 0) is 37.5 Å². The molecule has 3 fully saturated rings. The zero-order chi connectivity index (χ0) is 24.6. The lowest BCUT2D eigenvalue weighted by Crippen LogP contribution is -2.56. The molecule has 1 aromatic carbocycles. The highest BCUT2D eigenvalue weighted by Gasteiger charge is 2.72. The van der Waals surface area contributed by atoms with Crippen molar-refractivity contribution < 1.29 is 23.9 Å². The highest BCUT2D eigenvalue weighted by Crippen LogP contribution is 2.55. The molecular formula is C26H32ClN3O5. The monoisotopic (exact) mass is 501 g/mol. The van der Waals surface area contributed by atoms with E-state index in [1.165, 1.54) is 6.42 Å². The summed E-state index contributed by atoms with van der Waals surface area (Å²) >= 11 is 6.07. The number of nitrogens with one attached hydrogen (secondary N) is 2. The van der Waals surface area contributed by atoms with E-state index < -0.39 is 29.6 Å². The number of rotatable bonds is 8. The van der Waals surface area contributed by atoms with Crippen LogP contribution in [0.25, 0.3) is 0 Å². The highest BCUT2D eigenvalue weighted by atomic mass is 35.5. The maximum absolute atomic E-state index is 13.8. The van der Waals surface area contributed by atoms with Gasteiger partial charge in [-0.25, -0.2) is 0 Å². The van der Waals surface area contributed by atoms with Gasteiger partial charge in [-0.1, -0.05) is 49.1 Å². The Morgan fingerprint density at radius 3 is 2.77 bits per heavy atom. The summed E-state index contributed by atoms with van der Waals surface area (Å²) in [6, 6.07) is 6.17. The van der Waals surface area contributed by atoms with E-state index in [0.717, 1.165) is 25.7 Å². The molecule has 188 valence electrons. The van der Waals surface area contributed by atoms with E-state index in [4.69, 9.17) is 21.1 Å². The summed E-state index contributed by atoms with van der Waals surface area (Å²) in [4.78, 5) is 42.5. The first-order valence-electron chi connectivity index (χ1n) is 12.5. The molecule has 8 nitrogen and oxygen atoms in total. The lowest BCUT2D eigenvalue weighted by atomic mass is 9.74. The molecule has 0 aromatic heterocycles. The smallest absolute Gasteiger partial charge is 0.246 e. The minimum absolute atomic E-state index is 0.104. The van der Waals surface area contributed by atoms with Gasteiger partial charge in [0.1, 0.15) is 11.6 Å². The number of carbonyl (C=O) groups is 3. The van der Waals surface area contributed by atoms with Crippen molar-refractivity contribution in [2.24, 2.45) is 11.8 Å². The van der Waals surface area contributed by atoms with Gasteiger partial charge in [0.25, 0.3) is 0 Å². The number of ether oxygens (including phenoxy) is 2. The molecule has 2 N–H and O–H groups in total. The Kier molecular flexibility index (Phi) is 6.88. The van der Waals surface area contributed by atoms with Gasteiger partial charge in [0.05, 0.1) is 17.9 Å². The molecule has 3 heterocycles. The minimum Gasteiger partial charge on any atom is -0.385 e. The molecule has 2 saturated heterocycles. The van der Waals surface area contributed by atoms with E-state index in [9.17, 15) is 14.4 Å². The van der Waals surface area contributed by atoms with Crippen molar-refractivity contribution in [1.29, 1.82) is 0 Å².